The maximum Gasteiger partial charge on any atom is 0.251 e. The van der Waals surface area contributed by atoms with Gasteiger partial charge in [0.1, 0.15) is 0 Å². The van der Waals surface area contributed by atoms with Gasteiger partial charge < -0.3 is 10.2 Å². The van der Waals surface area contributed by atoms with Crippen LogP contribution < -0.4 is 10.2 Å². The number of rotatable bonds is 3. The number of fused-ring (bicyclic) bond motifs is 1. The predicted octanol–water partition coefficient (Wildman–Crippen LogP) is 1.79. The van der Waals surface area contributed by atoms with Crippen molar-refractivity contribution in [2.24, 2.45) is 0 Å². The summed E-state index contributed by atoms with van der Waals surface area (Å²) < 4.78 is 12.9. The number of anilines is 1. The van der Waals surface area contributed by atoms with E-state index in [1.54, 1.807) is 6.07 Å². The zero-order valence-electron chi connectivity index (χ0n) is 14.4. The number of amides is 1. The SMILES string of the molecule is Cc1nnc2ccc(C(=O)NC3CN(c4ncc(F)cn4)C3)cc2c1C. The summed E-state index contributed by atoms with van der Waals surface area (Å²) in [7, 11) is 0. The van der Waals surface area contributed by atoms with Gasteiger partial charge in [0.15, 0.2) is 5.82 Å². The Morgan fingerprint density at radius 1 is 1.19 bits per heavy atom. The number of hydrogen-bond acceptors (Lipinski definition) is 6. The highest BCUT2D eigenvalue weighted by Crippen LogP contribution is 2.20. The average molecular weight is 352 g/mol. The van der Waals surface area contributed by atoms with E-state index in [1.807, 2.05) is 30.9 Å². The van der Waals surface area contributed by atoms with Gasteiger partial charge in [-0.05, 0) is 37.6 Å². The molecule has 3 heterocycles. The minimum atomic E-state index is -0.467. The number of nitrogens with one attached hydrogen (secondary N) is 1. The molecule has 132 valence electrons. The van der Waals surface area contributed by atoms with Crippen LogP contribution in [0.4, 0.5) is 10.3 Å². The van der Waals surface area contributed by atoms with Crippen molar-refractivity contribution >= 4 is 22.8 Å². The lowest BCUT2D eigenvalue weighted by atomic mass is 10.0. The van der Waals surface area contributed by atoms with E-state index in [4.69, 9.17) is 0 Å². The van der Waals surface area contributed by atoms with Gasteiger partial charge in [-0.1, -0.05) is 0 Å². The van der Waals surface area contributed by atoms with Crippen LogP contribution in [0.1, 0.15) is 21.6 Å². The second-order valence-corrected chi connectivity index (χ2v) is 6.42. The van der Waals surface area contributed by atoms with E-state index < -0.39 is 5.82 Å². The van der Waals surface area contributed by atoms with Crippen molar-refractivity contribution in [2.75, 3.05) is 18.0 Å². The Bertz CT molecular complexity index is 985. The van der Waals surface area contributed by atoms with Gasteiger partial charge in [0.25, 0.3) is 5.91 Å². The summed E-state index contributed by atoms with van der Waals surface area (Å²) in [5.41, 5.74) is 3.23. The maximum atomic E-state index is 12.9. The summed E-state index contributed by atoms with van der Waals surface area (Å²) in [6.07, 6.45) is 2.27. The lowest BCUT2D eigenvalue weighted by Crippen LogP contribution is -2.60. The first kappa shape index (κ1) is 16.3. The first-order valence-electron chi connectivity index (χ1n) is 8.28. The molecule has 7 nitrogen and oxygen atoms in total. The summed E-state index contributed by atoms with van der Waals surface area (Å²) in [4.78, 5) is 22.3. The van der Waals surface area contributed by atoms with Crippen molar-refractivity contribution in [2.45, 2.75) is 19.9 Å². The molecule has 0 spiro atoms. The number of benzene rings is 1. The lowest BCUT2D eigenvalue weighted by molar-refractivity contribution is 0.0930. The summed E-state index contributed by atoms with van der Waals surface area (Å²) in [6.45, 7) is 5.05. The molecule has 3 aromatic rings. The minimum Gasteiger partial charge on any atom is -0.346 e. The normalized spacial score (nSPS) is 14.3. The first-order valence-corrected chi connectivity index (χ1v) is 8.28. The van der Waals surface area contributed by atoms with Gasteiger partial charge in [-0.25, -0.2) is 14.4 Å². The molecule has 1 amide bonds. The number of carbonyl (C=O) groups excluding carboxylic acids is 1. The Labute approximate surface area is 149 Å². The molecule has 4 rings (SSSR count). The Morgan fingerprint density at radius 3 is 2.65 bits per heavy atom. The van der Waals surface area contributed by atoms with Crippen molar-refractivity contribution in [1.82, 2.24) is 25.5 Å². The molecule has 0 atom stereocenters. The van der Waals surface area contributed by atoms with E-state index in [0.29, 0.717) is 24.6 Å². The Balaban J connectivity index is 1.44. The zero-order chi connectivity index (χ0) is 18.3. The monoisotopic (exact) mass is 352 g/mol. The number of aromatic nitrogens is 4. The van der Waals surface area contributed by atoms with Crippen molar-refractivity contribution in [3.63, 3.8) is 0 Å². The van der Waals surface area contributed by atoms with Gasteiger partial charge >= 0.3 is 0 Å². The molecule has 1 fully saturated rings. The number of hydrogen-bond donors (Lipinski definition) is 1. The van der Waals surface area contributed by atoms with Crippen molar-refractivity contribution in [3.8, 4) is 0 Å². The van der Waals surface area contributed by atoms with Gasteiger partial charge in [-0.3, -0.25) is 4.79 Å². The molecule has 2 aromatic heterocycles. The highest BCUT2D eigenvalue weighted by atomic mass is 19.1. The summed E-state index contributed by atoms with van der Waals surface area (Å²) in [5.74, 6) is -0.136. The van der Waals surface area contributed by atoms with E-state index in [1.165, 1.54) is 0 Å². The molecule has 1 aliphatic heterocycles. The second-order valence-electron chi connectivity index (χ2n) is 6.42. The topological polar surface area (TPSA) is 83.9 Å². The third kappa shape index (κ3) is 2.94. The highest BCUT2D eigenvalue weighted by molar-refractivity contribution is 5.98. The number of nitrogens with zero attached hydrogens (tertiary/aromatic N) is 5. The van der Waals surface area contributed by atoms with Gasteiger partial charge in [-0.2, -0.15) is 10.2 Å². The van der Waals surface area contributed by atoms with Crippen LogP contribution in [0.15, 0.2) is 30.6 Å². The molecule has 0 unspecified atom stereocenters. The summed E-state index contributed by atoms with van der Waals surface area (Å²) in [6, 6.07) is 5.41. The van der Waals surface area contributed by atoms with E-state index in [2.05, 4.69) is 25.5 Å². The molecule has 1 saturated heterocycles. The van der Waals surface area contributed by atoms with Gasteiger partial charge in [-0.15, -0.1) is 0 Å². The zero-order valence-corrected chi connectivity index (χ0v) is 14.4. The van der Waals surface area contributed by atoms with E-state index in [-0.39, 0.29) is 11.9 Å². The van der Waals surface area contributed by atoms with E-state index in [0.717, 1.165) is 34.6 Å². The average Bonchev–Trinajstić information content (AvgIpc) is 2.61. The van der Waals surface area contributed by atoms with Crippen LogP contribution in [0.3, 0.4) is 0 Å². The molecule has 1 aliphatic rings. The number of halogens is 1. The molecular formula is C18H17FN6O. The summed E-state index contributed by atoms with van der Waals surface area (Å²) in [5, 5.41) is 12.2. The van der Waals surface area contributed by atoms with Crippen LogP contribution in [0, 0.1) is 19.7 Å². The largest absolute Gasteiger partial charge is 0.346 e. The standard InChI is InChI=1S/C18H17FN6O/c1-10-11(2)23-24-16-4-3-12(5-15(10)16)17(26)22-14-8-25(9-14)18-20-6-13(19)7-21-18/h3-7,14H,8-9H2,1-2H3,(H,22,26). The molecule has 26 heavy (non-hydrogen) atoms. The second kappa shape index (κ2) is 6.29. The fraction of sp³-hybridized carbons (Fsp3) is 0.278. The van der Waals surface area contributed by atoms with E-state index in [9.17, 15) is 9.18 Å². The molecule has 8 heteroatoms. The van der Waals surface area contributed by atoms with Crippen LogP contribution in [0.25, 0.3) is 10.9 Å². The van der Waals surface area contributed by atoms with Crippen LogP contribution in [-0.4, -0.2) is 45.2 Å². The van der Waals surface area contributed by atoms with E-state index >= 15 is 0 Å². The molecule has 1 aromatic carbocycles. The van der Waals surface area contributed by atoms with Gasteiger partial charge in [0.2, 0.25) is 5.95 Å². The number of aryl methyl sites for hydroxylation is 2. The van der Waals surface area contributed by atoms with Gasteiger partial charge in [0, 0.05) is 24.0 Å². The van der Waals surface area contributed by atoms with Gasteiger partial charge in [0.05, 0.1) is 29.6 Å². The fourth-order valence-electron chi connectivity index (χ4n) is 2.93. The summed E-state index contributed by atoms with van der Waals surface area (Å²) >= 11 is 0. The minimum absolute atomic E-state index is 0.00486. The Morgan fingerprint density at radius 2 is 1.92 bits per heavy atom. The van der Waals surface area contributed by atoms with Crippen molar-refractivity contribution in [3.05, 3.63) is 53.2 Å². The Kier molecular flexibility index (Phi) is 3.95. The van der Waals surface area contributed by atoms with Crippen LogP contribution in [0.2, 0.25) is 0 Å². The highest BCUT2D eigenvalue weighted by Gasteiger charge is 2.30. The molecule has 0 bridgehead atoms. The molecular weight excluding hydrogens is 335 g/mol. The quantitative estimate of drug-likeness (QED) is 0.774. The molecule has 0 saturated carbocycles. The Hall–Kier alpha value is -3.16. The molecule has 0 aliphatic carbocycles. The molecule has 0 radical (unpaired) electrons. The predicted molar refractivity (Wildman–Crippen MR) is 94.5 cm³/mol. The fourth-order valence-corrected chi connectivity index (χ4v) is 2.93. The lowest BCUT2D eigenvalue weighted by Gasteiger charge is -2.39. The molecule has 1 N–H and O–H groups in total. The first-order chi connectivity index (χ1) is 12.5. The maximum absolute atomic E-state index is 12.9. The van der Waals surface area contributed by atoms with Crippen LogP contribution >= 0.6 is 0 Å². The van der Waals surface area contributed by atoms with Crippen LogP contribution in [-0.2, 0) is 0 Å². The third-order valence-corrected chi connectivity index (χ3v) is 4.62. The van der Waals surface area contributed by atoms with Crippen molar-refractivity contribution in [1.29, 1.82) is 0 Å². The van der Waals surface area contributed by atoms with Crippen molar-refractivity contribution < 1.29 is 9.18 Å². The smallest absolute Gasteiger partial charge is 0.251 e. The van der Waals surface area contributed by atoms with Crippen LogP contribution in [0.5, 0.6) is 0 Å². The number of carbonyl (C=O) groups is 1. The third-order valence-electron chi connectivity index (χ3n) is 4.62.